The second-order valence-electron chi connectivity index (χ2n) is 8.21. The van der Waals surface area contributed by atoms with Crippen molar-refractivity contribution in [2.75, 3.05) is 19.8 Å². The monoisotopic (exact) mass is 407 g/mol. The van der Waals surface area contributed by atoms with E-state index in [2.05, 4.69) is 10.1 Å². The fraction of sp³-hybridized carbons (Fsp3) is 0.435. The van der Waals surface area contributed by atoms with Crippen LogP contribution in [0.4, 0.5) is 0 Å². The summed E-state index contributed by atoms with van der Waals surface area (Å²) < 4.78 is 16.9. The first kappa shape index (κ1) is 18.9. The molecule has 0 radical (unpaired) electrons. The molecule has 156 valence electrons. The van der Waals surface area contributed by atoms with Gasteiger partial charge in [0.2, 0.25) is 0 Å². The average Bonchev–Trinajstić information content (AvgIpc) is 3.34. The van der Waals surface area contributed by atoms with E-state index in [-0.39, 0.29) is 17.9 Å². The van der Waals surface area contributed by atoms with E-state index >= 15 is 0 Å². The molecule has 0 aliphatic carbocycles. The molecular weight excluding hydrogens is 382 g/mol. The zero-order chi connectivity index (χ0) is 20.7. The number of carbonyl (C=O) groups excluding carboxylic acids is 1. The van der Waals surface area contributed by atoms with Crippen LogP contribution < -0.4 is 9.47 Å². The van der Waals surface area contributed by atoms with Crippen molar-refractivity contribution in [2.24, 2.45) is 0 Å². The average molecular weight is 407 g/mol. The highest BCUT2D eigenvalue weighted by molar-refractivity contribution is 5.97. The molecule has 1 saturated heterocycles. The number of amides is 1. The minimum absolute atomic E-state index is 0.0115. The Balaban J connectivity index is 1.45. The predicted molar refractivity (Wildman–Crippen MR) is 111 cm³/mol. The summed E-state index contributed by atoms with van der Waals surface area (Å²) in [6, 6.07) is 7.89. The minimum atomic E-state index is -0.0186. The van der Waals surface area contributed by atoms with E-state index in [9.17, 15) is 4.79 Å². The van der Waals surface area contributed by atoms with Crippen molar-refractivity contribution >= 4 is 17.0 Å². The Morgan fingerprint density at radius 3 is 2.80 bits per heavy atom. The van der Waals surface area contributed by atoms with Crippen molar-refractivity contribution in [1.29, 1.82) is 0 Å². The van der Waals surface area contributed by atoms with Gasteiger partial charge in [-0.05, 0) is 42.5 Å². The molecule has 1 aromatic carbocycles. The highest BCUT2D eigenvalue weighted by Gasteiger charge is 2.32. The molecule has 0 bridgehead atoms. The highest BCUT2D eigenvalue weighted by atomic mass is 16.5. The summed E-state index contributed by atoms with van der Waals surface area (Å²) in [5, 5.41) is 4.92. The van der Waals surface area contributed by atoms with E-state index < -0.39 is 0 Å². The molecule has 7 heteroatoms. The van der Waals surface area contributed by atoms with Crippen molar-refractivity contribution in [2.45, 2.75) is 45.1 Å². The Bertz CT molecular complexity index is 1090. The molecule has 4 heterocycles. The Morgan fingerprint density at radius 1 is 1.13 bits per heavy atom. The number of nitrogens with zero attached hydrogens (tertiary/aromatic N) is 3. The zero-order valence-electron chi connectivity index (χ0n) is 17.3. The number of rotatable bonds is 3. The Morgan fingerprint density at radius 2 is 1.97 bits per heavy atom. The molecule has 0 saturated carbocycles. The molecule has 0 spiro atoms. The van der Waals surface area contributed by atoms with Crippen molar-refractivity contribution in [3.05, 3.63) is 47.3 Å². The van der Waals surface area contributed by atoms with Crippen LogP contribution in [0.2, 0.25) is 0 Å². The van der Waals surface area contributed by atoms with Gasteiger partial charge in [0.1, 0.15) is 0 Å². The van der Waals surface area contributed by atoms with Crippen LogP contribution in [0.25, 0.3) is 11.1 Å². The molecule has 1 unspecified atom stereocenters. The Labute approximate surface area is 175 Å². The maximum absolute atomic E-state index is 13.4. The molecule has 2 aromatic heterocycles. The van der Waals surface area contributed by atoms with Crippen LogP contribution in [0, 0.1) is 0 Å². The molecule has 30 heavy (non-hydrogen) atoms. The van der Waals surface area contributed by atoms with E-state index in [0.29, 0.717) is 24.5 Å². The number of hydrogen-bond donors (Lipinski definition) is 0. The quantitative estimate of drug-likeness (QED) is 0.637. The maximum atomic E-state index is 13.4. The first-order valence-electron chi connectivity index (χ1n) is 10.6. The van der Waals surface area contributed by atoms with Crippen LogP contribution in [0.15, 0.2) is 35.0 Å². The minimum Gasteiger partial charge on any atom is -0.490 e. The molecule has 7 nitrogen and oxygen atoms in total. The number of aromatic nitrogens is 2. The number of likely N-dealkylation sites (tertiary alicyclic amines) is 1. The van der Waals surface area contributed by atoms with Gasteiger partial charge in [-0.15, -0.1) is 0 Å². The molecule has 2 aliphatic rings. The topological polar surface area (TPSA) is 77.7 Å². The lowest BCUT2D eigenvalue weighted by atomic mass is 10.0. The Kier molecular flexibility index (Phi) is 4.81. The fourth-order valence-corrected chi connectivity index (χ4v) is 4.29. The number of benzene rings is 1. The van der Waals surface area contributed by atoms with E-state index in [4.69, 9.17) is 14.0 Å². The SMILES string of the molecule is CC(C)c1noc2ncc(C(=O)N3CCCC3c3ccc4c(c3)OCCCO4)cc12. The van der Waals surface area contributed by atoms with Crippen LogP contribution in [-0.2, 0) is 0 Å². The normalized spacial score (nSPS) is 18.8. The van der Waals surface area contributed by atoms with Gasteiger partial charge in [-0.2, -0.15) is 0 Å². The van der Waals surface area contributed by atoms with E-state index in [1.807, 2.05) is 43.0 Å². The largest absolute Gasteiger partial charge is 0.490 e. The summed E-state index contributed by atoms with van der Waals surface area (Å²) in [7, 11) is 0. The lowest BCUT2D eigenvalue weighted by molar-refractivity contribution is 0.0735. The summed E-state index contributed by atoms with van der Waals surface area (Å²) in [5.74, 6) is 1.71. The van der Waals surface area contributed by atoms with Gasteiger partial charge in [0.15, 0.2) is 11.5 Å². The molecule has 5 rings (SSSR count). The zero-order valence-corrected chi connectivity index (χ0v) is 17.3. The fourth-order valence-electron chi connectivity index (χ4n) is 4.29. The van der Waals surface area contributed by atoms with Crippen molar-refractivity contribution < 1.29 is 18.8 Å². The van der Waals surface area contributed by atoms with E-state index in [1.54, 1.807) is 6.20 Å². The van der Waals surface area contributed by atoms with Gasteiger partial charge >= 0.3 is 0 Å². The van der Waals surface area contributed by atoms with Gasteiger partial charge in [0, 0.05) is 19.2 Å². The van der Waals surface area contributed by atoms with Gasteiger partial charge < -0.3 is 18.9 Å². The molecule has 3 aromatic rings. The summed E-state index contributed by atoms with van der Waals surface area (Å²) in [6.45, 7) is 6.12. The highest BCUT2D eigenvalue weighted by Crippen LogP contribution is 2.38. The molecule has 0 N–H and O–H groups in total. The first-order valence-corrected chi connectivity index (χ1v) is 10.6. The third kappa shape index (κ3) is 3.28. The second-order valence-corrected chi connectivity index (χ2v) is 8.21. The summed E-state index contributed by atoms with van der Waals surface area (Å²) in [4.78, 5) is 19.7. The van der Waals surface area contributed by atoms with Crippen molar-refractivity contribution in [1.82, 2.24) is 15.0 Å². The van der Waals surface area contributed by atoms with Crippen LogP contribution in [-0.4, -0.2) is 40.7 Å². The van der Waals surface area contributed by atoms with Crippen LogP contribution >= 0.6 is 0 Å². The molecule has 2 aliphatic heterocycles. The Hall–Kier alpha value is -3.09. The smallest absolute Gasteiger partial charge is 0.257 e. The third-order valence-corrected chi connectivity index (χ3v) is 5.82. The first-order chi connectivity index (χ1) is 14.6. The molecule has 1 fully saturated rings. The van der Waals surface area contributed by atoms with Gasteiger partial charge in [0.05, 0.1) is 35.9 Å². The van der Waals surface area contributed by atoms with Crippen molar-refractivity contribution in [3.63, 3.8) is 0 Å². The molecule has 1 atom stereocenters. The predicted octanol–water partition coefficient (Wildman–Crippen LogP) is 4.48. The third-order valence-electron chi connectivity index (χ3n) is 5.82. The van der Waals surface area contributed by atoms with Crippen LogP contribution in [0.3, 0.4) is 0 Å². The van der Waals surface area contributed by atoms with Crippen molar-refractivity contribution in [3.8, 4) is 11.5 Å². The number of fused-ring (bicyclic) bond motifs is 2. The summed E-state index contributed by atoms with van der Waals surface area (Å²) >= 11 is 0. The number of hydrogen-bond acceptors (Lipinski definition) is 6. The number of ether oxygens (including phenoxy) is 2. The van der Waals surface area contributed by atoms with Gasteiger partial charge in [-0.1, -0.05) is 25.1 Å². The van der Waals surface area contributed by atoms with Gasteiger partial charge in [-0.25, -0.2) is 4.98 Å². The number of pyridine rings is 1. The standard InChI is InChI=1S/C23H25N3O4/c1-14(2)21-17-11-16(13-24-22(17)30-25-21)23(27)26-8-3-5-18(26)15-6-7-19-20(12-15)29-10-4-9-28-19/h6-7,11-14,18H,3-5,8-10H2,1-2H3. The van der Waals surface area contributed by atoms with E-state index in [1.165, 1.54) is 0 Å². The van der Waals surface area contributed by atoms with Crippen LogP contribution in [0.1, 0.15) is 66.7 Å². The number of carbonyl (C=O) groups is 1. The lowest BCUT2D eigenvalue weighted by Crippen LogP contribution is -2.30. The van der Waals surface area contributed by atoms with Gasteiger partial charge in [0.25, 0.3) is 11.6 Å². The summed E-state index contributed by atoms with van der Waals surface area (Å²) in [5.41, 5.74) is 2.94. The molecule has 1 amide bonds. The second kappa shape index (κ2) is 7.63. The maximum Gasteiger partial charge on any atom is 0.257 e. The summed E-state index contributed by atoms with van der Waals surface area (Å²) in [6.07, 6.45) is 4.34. The van der Waals surface area contributed by atoms with E-state index in [0.717, 1.165) is 53.9 Å². The van der Waals surface area contributed by atoms with Crippen LogP contribution in [0.5, 0.6) is 11.5 Å². The van der Waals surface area contributed by atoms with Gasteiger partial charge in [-0.3, -0.25) is 4.79 Å². The molecular formula is C23H25N3O4. The lowest BCUT2D eigenvalue weighted by Gasteiger charge is -2.25.